The molecule has 6 heteroatoms. The molecule has 2 heterocycles. The van der Waals surface area contributed by atoms with E-state index in [2.05, 4.69) is 23.6 Å². The van der Waals surface area contributed by atoms with Crippen LogP contribution in [-0.4, -0.2) is 84.6 Å². The van der Waals surface area contributed by atoms with Gasteiger partial charge in [-0.05, 0) is 100.0 Å². The number of carbonyl (C=O) groups is 1. The minimum absolute atomic E-state index is 0.0452. The van der Waals surface area contributed by atoms with Crippen LogP contribution in [0.5, 0.6) is 0 Å². The van der Waals surface area contributed by atoms with Crippen molar-refractivity contribution in [3.8, 4) is 0 Å². The third kappa shape index (κ3) is 4.00. The fourth-order valence-electron chi connectivity index (χ4n) is 10.3. The molecule has 6 aliphatic rings. The van der Waals surface area contributed by atoms with Crippen LogP contribution in [0.1, 0.15) is 78.6 Å². The molecule has 10 atom stereocenters. The zero-order valence-corrected chi connectivity index (χ0v) is 22.3. The predicted molar refractivity (Wildman–Crippen MR) is 135 cm³/mol. The zero-order valence-electron chi connectivity index (χ0n) is 22.3. The summed E-state index contributed by atoms with van der Waals surface area (Å²) >= 11 is 0. The number of esters is 1. The van der Waals surface area contributed by atoms with Crippen LogP contribution in [-0.2, 0) is 14.3 Å². The first kappa shape index (κ1) is 24.6. The van der Waals surface area contributed by atoms with E-state index in [0.29, 0.717) is 23.3 Å². The van der Waals surface area contributed by atoms with E-state index in [0.717, 1.165) is 64.1 Å². The van der Waals surface area contributed by atoms with E-state index in [-0.39, 0.29) is 29.6 Å². The number of hydrogen-bond donors (Lipinski definition) is 1. The van der Waals surface area contributed by atoms with E-state index in [1.165, 1.54) is 44.9 Å². The summed E-state index contributed by atoms with van der Waals surface area (Å²) in [4.78, 5) is 17.4. The lowest BCUT2D eigenvalue weighted by Gasteiger charge is -2.62. The lowest BCUT2D eigenvalue weighted by molar-refractivity contribution is -0.172. The van der Waals surface area contributed by atoms with Gasteiger partial charge in [0.05, 0.1) is 19.3 Å². The van der Waals surface area contributed by atoms with E-state index < -0.39 is 0 Å². The van der Waals surface area contributed by atoms with Gasteiger partial charge in [-0.15, -0.1) is 0 Å². The summed E-state index contributed by atoms with van der Waals surface area (Å²) in [5.41, 5.74) is 0.399. The van der Waals surface area contributed by atoms with Gasteiger partial charge in [0.25, 0.3) is 0 Å². The highest BCUT2D eigenvalue weighted by Crippen LogP contribution is 2.67. The van der Waals surface area contributed by atoms with Crippen molar-refractivity contribution < 1.29 is 19.4 Å². The normalized spacial score (nSPS) is 50.9. The molecule has 2 aliphatic heterocycles. The Bertz CT molecular complexity index is 796. The van der Waals surface area contributed by atoms with Gasteiger partial charge in [0.1, 0.15) is 6.10 Å². The Morgan fingerprint density at radius 2 is 1.63 bits per heavy atom. The second-order valence-corrected chi connectivity index (χ2v) is 13.5. The summed E-state index contributed by atoms with van der Waals surface area (Å²) in [6.07, 6.45) is 10.7. The van der Waals surface area contributed by atoms with Gasteiger partial charge in [-0.3, -0.25) is 14.6 Å². The van der Waals surface area contributed by atoms with E-state index in [1.807, 2.05) is 0 Å². The minimum atomic E-state index is -0.198. The number of carbonyl (C=O) groups excluding carboxylic acids is 1. The molecule has 4 aliphatic carbocycles. The maximum atomic E-state index is 12.2. The van der Waals surface area contributed by atoms with Gasteiger partial charge in [-0.2, -0.15) is 0 Å². The molecule has 6 nitrogen and oxygen atoms in total. The van der Waals surface area contributed by atoms with E-state index >= 15 is 0 Å². The van der Waals surface area contributed by atoms with E-state index in [4.69, 9.17) is 9.47 Å². The van der Waals surface area contributed by atoms with Crippen LogP contribution in [0, 0.1) is 34.5 Å². The number of aliphatic hydroxyl groups is 1. The Balaban J connectivity index is 1.27. The van der Waals surface area contributed by atoms with Crippen molar-refractivity contribution in [3.63, 3.8) is 0 Å². The number of nitrogens with zero attached hydrogens (tertiary/aromatic N) is 2. The summed E-state index contributed by atoms with van der Waals surface area (Å²) in [5, 5.41) is 11.2. The van der Waals surface area contributed by atoms with Crippen LogP contribution in [0.4, 0.5) is 0 Å². The highest BCUT2D eigenvalue weighted by atomic mass is 16.5. The summed E-state index contributed by atoms with van der Waals surface area (Å²) in [6, 6.07) is 0.678. The van der Waals surface area contributed by atoms with Gasteiger partial charge in [-0.1, -0.05) is 13.8 Å². The van der Waals surface area contributed by atoms with Gasteiger partial charge >= 0.3 is 5.97 Å². The van der Waals surface area contributed by atoms with Crippen molar-refractivity contribution >= 4 is 5.97 Å². The standard InChI is InChI=1S/C29H48N2O4/c1-19(32)35-27-24(30-10-4-5-11-30)17-23-21-7-6-20-16-26(33)25(31-12-14-34-15-13-31)18-29(20,3)22(21)8-9-28(23,27)2/h20-27,33H,4-18H2,1-3H3/t20-,21?,22?,23?,24?,25?,26-,27-,28-,29-/m0/s1. The molecule has 2 saturated heterocycles. The van der Waals surface area contributed by atoms with Gasteiger partial charge < -0.3 is 14.6 Å². The lowest BCUT2D eigenvalue weighted by atomic mass is 9.44. The summed E-state index contributed by atoms with van der Waals surface area (Å²) < 4.78 is 11.8. The molecule has 6 rings (SSSR count). The van der Waals surface area contributed by atoms with Crippen molar-refractivity contribution in [2.45, 2.75) is 103 Å². The number of fused-ring (bicyclic) bond motifs is 5. The average Bonchev–Trinajstić information content (AvgIpc) is 3.46. The largest absolute Gasteiger partial charge is 0.460 e. The van der Waals surface area contributed by atoms with Crippen LogP contribution in [0.3, 0.4) is 0 Å². The van der Waals surface area contributed by atoms with Crippen LogP contribution in [0.15, 0.2) is 0 Å². The van der Waals surface area contributed by atoms with Crippen LogP contribution >= 0.6 is 0 Å². The zero-order chi connectivity index (χ0) is 24.4. The molecule has 0 bridgehead atoms. The van der Waals surface area contributed by atoms with Gasteiger partial charge in [0.2, 0.25) is 0 Å². The summed E-state index contributed by atoms with van der Waals surface area (Å²) in [5.74, 6) is 2.63. The van der Waals surface area contributed by atoms with Crippen molar-refractivity contribution in [1.82, 2.24) is 9.80 Å². The second-order valence-electron chi connectivity index (χ2n) is 13.5. The Hall–Kier alpha value is -0.690. The van der Waals surface area contributed by atoms with Crippen molar-refractivity contribution in [3.05, 3.63) is 0 Å². The fraction of sp³-hybridized carbons (Fsp3) is 0.966. The third-order valence-corrected chi connectivity index (χ3v) is 12.0. The second kappa shape index (κ2) is 9.25. The van der Waals surface area contributed by atoms with E-state index in [1.54, 1.807) is 6.92 Å². The fourth-order valence-corrected chi connectivity index (χ4v) is 10.3. The van der Waals surface area contributed by atoms with E-state index in [9.17, 15) is 9.90 Å². The lowest BCUT2D eigenvalue weighted by Crippen LogP contribution is -2.61. The Morgan fingerprint density at radius 1 is 0.914 bits per heavy atom. The van der Waals surface area contributed by atoms with Crippen molar-refractivity contribution in [2.24, 2.45) is 34.5 Å². The first-order valence-electron chi connectivity index (χ1n) is 14.7. The highest BCUT2D eigenvalue weighted by molar-refractivity contribution is 5.66. The van der Waals surface area contributed by atoms with Crippen molar-refractivity contribution in [2.75, 3.05) is 39.4 Å². The van der Waals surface area contributed by atoms with Gasteiger partial charge in [0.15, 0.2) is 0 Å². The number of aliphatic hydroxyl groups excluding tert-OH is 1. The van der Waals surface area contributed by atoms with Gasteiger partial charge in [-0.25, -0.2) is 0 Å². The number of likely N-dealkylation sites (tertiary alicyclic amines) is 1. The Morgan fingerprint density at radius 3 is 2.34 bits per heavy atom. The maximum absolute atomic E-state index is 12.2. The minimum Gasteiger partial charge on any atom is -0.460 e. The number of ether oxygens (including phenoxy) is 2. The molecule has 1 N–H and O–H groups in total. The molecule has 0 aromatic heterocycles. The van der Waals surface area contributed by atoms with Crippen LogP contribution in [0.2, 0.25) is 0 Å². The smallest absolute Gasteiger partial charge is 0.302 e. The predicted octanol–water partition coefficient (Wildman–Crippen LogP) is 3.71. The number of rotatable bonds is 3. The number of morpholine rings is 1. The molecule has 4 saturated carbocycles. The molecule has 0 amide bonds. The first-order valence-corrected chi connectivity index (χ1v) is 14.7. The SMILES string of the molecule is CC(=O)O[C@H]1C(N2CCCC2)CC2C3CC[C@H]4C[C@H](O)C(N5CCOCC5)C[C@]4(C)C3CC[C@@]21C. The molecule has 5 unspecified atom stereocenters. The molecule has 6 fully saturated rings. The molecule has 0 aromatic carbocycles. The molecule has 0 spiro atoms. The Kier molecular flexibility index (Phi) is 6.51. The Labute approximate surface area is 212 Å². The third-order valence-electron chi connectivity index (χ3n) is 12.0. The maximum Gasteiger partial charge on any atom is 0.302 e. The monoisotopic (exact) mass is 488 g/mol. The molecule has 0 radical (unpaired) electrons. The van der Waals surface area contributed by atoms with Crippen LogP contribution in [0.25, 0.3) is 0 Å². The molecular weight excluding hydrogens is 440 g/mol. The molecular formula is C29H48N2O4. The highest BCUT2D eigenvalue weighted by Gasteiger charge is 2.65. The quantitative estimate of drug-likeness (QED) is 0.611. The van der Waals surface area contributed by atoms with Crippen LogP contribution < -0.4 is 0 Å². The molecule has 198 valence electrons. The summed E-state index contributed by atoms with van der Waals surface area (Å²) in [6.45, 7) is 12.5. The first-order chi connectivity index (χ1) is 16.8. The average molecular weight is 489 g/mol. The molecule has 0 aromatic rings. The van der Waals surface area contributed by atoms with Gasteiger partial charge in [0, 0.05) is 37.5 Å². The van der Waals surface area contributed by atoms with Crippen molar-refractivity contribution in [1.29, 1.82) is 0 Å². The summed E-state index contributed by atoms with van der Waals surface area (Å²) in [7, 11) is 0. The topological polar surface area (TPSA) is 62.2 Å². The number of hydrogen-bond acceptors (Lipinski definition) is 6. The molecule has 35 heavy (non-hydrogen) atoms.